The van der Waals surface area contributed by atoms with E-state index in [4.69, 9.17) is 5.11 Å². The van der Waals surface area contributed by atoms with E-state index >= 15 is 0 Å². The van der Waals surface area contributed by atoms with Gasteiger partial charge in [-0.05, 0) is 20.4 Å². The second-order valence-electron chi connectivity index (χ2n) is 3.02. The van der Waals surface area contributed by atoms with Crippen molar-refractivity contribution in [2.45, 2.75) is 31.7 Å². The Morgan fingerprint density at radius 2 is 2.00 bits per heavy atom. The van der Waals surface area contributed by atoms with Crippen LogP contribution in [0.2, 0.25) is 0 Å². The third kappa shape index (κ3) is 5.41. The van der Waals surface area contributed by atoms with Gasteiger partial charge in [0.15, 0.2) is 6.10 Å². The van der Waals surface area contributed by atoms with E-state index in [1.165, 1.54) is 0 Å². The summed E-state index contributed by atoms with van der Waals surface area (Å²) in [4.78, 5) is 0. The van der Waals surface area contributed by atoms with Gasteiger partial charge < -0.3 is 15.2 Å². The van der Waals surface area contributed by atoms with Crippen LogP contribution in [0.3, 0.4) is 0 Å². The van der Waals surface area contributed by atoms with E-state index in [-0.39, 0.29) is 19.3 Å². The molecule has 14 heavy (non-hydrogen) atoms. The Morgan fingerprint density at radius 1 is 1.43 bits per heavy atom. The number of nitrogens with one attached hydrogen (secondary N) is 1. The lowest BCUT2D eigenvalue weighted by Crippen LogP contribution is -2.36. The van der Waals surface area contributed by atoms with Gasteiger partial charge in [0.05, 0.1) is 6.61 Å². The number of halogens is 3. The topological polar surface area (TPSA) is 41.5 Å². The van der Waals surface area contributed by atoms with Crippen molar-refractivity contribution in [1.82, 2.24) is 5.32 Å². The largest absolute Gasteiger partial charge is 0.414 e. The number of ether oxygens (including phenoxy) is 1. The molecular weight excluding hydrogens is 199 g/mol. The van der Waals surface area contributed by atoms with Crippen LogP contribution in [0.5, 0.6) is 0 Å². The summed E-state index contributed by atoms with van der Waals surface area (Å²) in [6, 6.07) is -0.246. The molecule has 0 aromatic rings. The molecule has 2 atom stereocenters. The highest BCUT2D eigenvalue weighted by molar-refractivity contribution is 4.66. The van der Waals surface area contributed by atoms with Gasteiger partial charge in [-0.1, -0.05) is 0 Å². The van der Waals surface area contributed by atoms with Crippen molar-refractivity contribution >= 4 is 0 Å². The van der Waals surface area contributed by atoms with E-state index in [1.54, 1.807) is 7.05 Å². The van der Waals surface area contributed by atoms with E-state index in [1.807, 2.05) is 0 Å². The van der Waals surface area contributed by atoms with Crippen molar-refractivity contribution in [3.8, 4) is 0 Å². The van der Waals surface area contributed by atoms with E-state index in [2.05, 4.69) is 10.1 Å². The maximum absolute atomic E-state index is 12.0. The molecule has 0 saturated heterocycles. The Morgan fingerprint density at radius 3 is 2.36 bits per heavy atom. The normalized spacial score (nSPS) is 16.7. The molecule has 0 aromatic carbocycles. The Kier molecular flexibility index (Phi) is 6.06. The smallest absolute Gasteiger partial charge is 0.396 e. The van der Waals surface area contributed by atoms with Crippen molar-refractivity contribution in [3.63, 3.8) is 0 Å². The molecule has 0 spiro atoms. The summed E-state index contributed by atoms with van der Waals surface area (Å²) in [5, 5.41) is 11.3. The van der Waals surface area contributed by atoms with Crippen molar-refractivity contribution < 1.29 is 23.0 Å². The van der Waals surface area contributed by atoms with Gasteiger partial charge in [0.25, 0.3) is 0 Å². The predicted molar refractivity (Wildman–Crippen MR) is 46.0 cm³/mol. The molecule has 0 radical (unpaired) electrons. The van der Waals surface area contributed by atoms with Crippen LogP contribution in [-0.2, 0) is 4.74 Å². The van der Waals surface area contributed by atoms with Crippen molar-refractivity contribution in [3.05, 3.63) is 0 Å². The lowest BCUT2D eigenvalue weighted by atomic mass is 10.2. The quantitative estimate of drug-likeness (QED) is 0.692. The molecule has 0 saturated carbocycles. The molecule has 2 unspecified atom stereocenters. The van der Waals surface area contributed by atoms with Gasteiger partial charge in [0.2, 0.25) is 0 Å². The monoisotopic (exact) mass is 215 g/mol. The summed E-state index contributed by atoms with van der Waals surface area (Å²) in [5.41, 5.74) is 0. The van der Waals surface area contributed by atoms with Gasteiger partial charge in [-0.15, -0.1) is 0 Å². The van der Waals surface area contributed by atoms with Crippen LogP contribution >= 0.6 is 0 Å². The first-order valence-corrected chi connectivity index (χ1v) is 4.38. The molecule has 0 heterocycles. The third-order valence-corrected chi connectivity index (χ3v) is 1.89. The lowest BCUT2D eigenvalue weighted by molar-refractivity contribution is -0.215. The van der Waals surface area contributed by atoms with Gasteiger partial charge in [-0.3, -0.25) is 0 Å². The molecule has 86 valence electrons. The van der Waals surface area contributed by atoms with Gasteiger partial charge >= 0.3 is 6.18 Å². The molecule has 6 heteroatoms. The van der Waals surface area contributed by atoms with E-state index < -0.39 is 12.3 Å². The number of aliphatic hydroxyl groups excluding tert-OH is 1. The average Bonchev–Trinajstić information content (AvgIpc) is 2.10. The van der Waals surface area contributed by atoms with Crippen molar-refractivity contribution in [2.75, 3.05) is 20.3 Å². The van der Waals surface area contributed by atoms with Crippen LogP contribution in [0.1, 0.15) is 13.3 Å². The van der Waals surface area contributed by atoms with Crippen LogP contribution in [-0.4, -0.2) is 43.7 Å². The summed E-state index contributed by atoms with van der Waals surface area (Å²) < 4.78 is 40.6. The fourth-order valence-electron chi connectivity index (χ4n) is 0.822. The molecular formula is C8H16F3NO2. The standard InChI is InChI=1S/C8H16F3NO2/c1-6(8(9,10)11)14-5-7(12-2)3-4-13/h6-7,12-13H,3-5H2,1-2H3. The molecule has 0 rings (SSSR count). The Hall–Kier alpha value is -0.330. The molecule has 2 N–H and O–H groups in total. The number of aliphatic hydroxyl groups is 1. The van der Waals surface area contributed by atoms with E-state index in [9.17, 15) is 13.2 Å². The highest BCUT2D eigenvalue weighted by Gasteiger charge is 2.37. The minimum atomic E-state index is -4.32. The summed E-state index contributed by atoms with van der Waals surface area (Å²) in [5.74, 6) is 0. The number of alkyl halides is 3. The van der Waals surface area contributed by atoms with Crippen LogP contribution in [0.25, 0.3) is 0 Å². The molecule has 0 aromatic heterocycles. The SMILES string of the molecule is CNC(CCO)COC(C)C(F)(F)F. The Bertz CT molecular complexity index is 152. The molecule has 0 aliphatic heterocycles. The zero-order valence-corrected chi connectivity index (χ0v) is 8.27. The van der Waals surface area contributed by atoms with E-state index in [0.717, 1.165) is 6.92 Å². The minimum absolute atomic E-state index is 0.0578. The third-order valence-electron chi connectivity index (χ3n) is 1.89. The first-order valence-electron chi connectivity index (χ1n) is 4.38. The molecule has 3 nitrogen and oxygen atoms in total. The fraction of sp³-hybridized carbons (Fsp3) is 1.00. The highest BCUT2D eigenvalue weighted by atomic mass is 19.4. The number of rotatable bonds is 6. The molecule has 0 amide bonds. The van der Waals surface area contributed by atoms with Crippen LogP contribution in [0, 0.1) is 0 Å². The Balaban J connectivity index is 3.79. The average molecular weight is 215 g/mol. The zero-order valence-electron chi connectivity index (χ0n) is 8.27. The fourth-order valence-corrected chi connectivity index (χ4v) is 0.822. The van der Waals surface area contributed by atoms with Gasteiger partial charge in [0, 0.05) is 12.6 Å². The number of likely N-dealkylation sites (N-methyl/N-ethyl adjacent to an activating group) is 1. The summed E-state index contributed by atoms with van der Waals surface area (Å²) in [7, 11) is 1.61. The first kappa shape index (κ1) is 13.7. The number of hydrogen-bond donors (Lipinski definition) is 2. The van der Waals surface area contributed by atoms with Gasteiger partial charge in [0.1, 0.15) is 0 Å². The molecule has 0 aliphatic carbocycles. The van der Waals surface area contributed by atoms with Crippen LogP contribution in [0.4, 0.5) is 13.2 Å². The highest BCUT2D eigenvalue weighted by Crippen LogP contribution is 2.22. The van der Waals surface area contributed by atoms with E-state index in [0.29, 0.717) is 6.42 Å². The van der Waals surface area contributed by atoms with Crippen LogP contribution < -0.4 is 5.32 Å². The van der Waals surface area contributed by atoms with Gasteiger partial charge in [-0.25, -0.2) is 0 Å². The lowest BCUT2D eigenvalue weighted by Gasteiger charge is -2.20. The minimum Gasteiger partial charge on any atom is -0.396 e. The Labute approximate surface area is 81.2 Å². The predicted octanol–water partition coefficient (Wildman–Crippen LogP) is 0.924. The maximum atomic E-state index is 12.0. The van der Waals surface area contributed by atoms with Crippen LogP contribution in [0.15, 0.2) is 0 Å². The maximum Gasteiger partial charge on any atom is 0.414 e. The summed E-state index contributed by atoms with van der Waals surface area (Å²) in [6.45, 7) is 0.832. The van der Waals surface area contributed by atoms with Gasteiger partial charge in [-0.2, -0.15) is 13.2 Å². The molecule has 0 bridgehead atoms. The second-order valence-corrected chi connectivity index (χ2v) is 3.02. The number of hydrogen-bond acceptors (Lipinski definition) is 3. The first-order chi connectivity index (χ1) is 6.41. The molecule has 0 fully saturated rings. The van der Waals surface area contributed by atoms with Crippen molar-refractivity contribution in [1.29, 1.82) is 0 Å². The van der Waals surface area contributed by atoms with Crippen molar-refractivity contribution in [2.24, 2.45) is 0 Å². The zero-order chi connectivity index (χ0) is 11.2. The molecule has 0 aliphatic rings. The summed E-state index contributed by atoms with van der Waals surface area (Å²) in [6.07, 6.45) is -5.71. The second kappa shape index (κ2) is 6.21. The summed E-state index contributed by atoms with van der Waals surface area (Å²) >= 11 is 0.